The van der Waals surface area contributed by atoms with Crippen LogP contribution in [0.25, 0.3) is 21.3 Å². The Bertz CT molecular complexity index is 1150. The summed E-state index contributed by atoms with van der Waals surface area (Å²) >= 11 is 1.45. The van der Waals surface area contributed by atoms with Crippen molar-refractivity contribution in [1.29, 1.82) is 0 Å². The molecule has 0 spiro atoms. The van der Waals surface area contributed by atoms with Gasteiger partial charge < -0.3 is 14.8 Å². The van der Waals surface area contributed by atoms with Gasteiger partial charge in [-0.05, 0) is 37.4 Å². The molecule has 0 bridgehead atoms. The highest BCUT2D eigenvalue weighted by molar-refractivity contribution is 7.17. The third-order valence-electron chi connectivity index (χ3n) is 4.25. The van der Waals surface area contributed by atoms with Gasteiger partial charge in [-0.1, -0.05) is 12.1 Å². The first-order valence-electron chi connectivity index (χ1n) is 8.80. The minimum Gasteiger partial charge on any atom is -0.504 e. The van der Waals surface area contributed by atoms with Crippen molar-refractivity contribution in [3.05, 3.63) is 53.4 Å². The number of H-pyrrole nitrogens is 1. The third kappa shape index (κ3) is 3.29. The van der Waals surface area contributed by atoms with Crippen LogP contribution in [0.5, 0.6) is 11.5 Å². The Morgan fingerprint density at radius 3 is 2.96 bits per heavy atom. The average molecular weight is 393 g/mol. The average Bonchev–Trinajstić information content (AvgIpc) is 3.34. The van der Waals surface area contributed by atoms with E-state index in [2.05, 4.69) is 25.5 Å². The Morgan fingerprint density at radius 1 is 1.32 bits per heavy atom. The van der Waals surface area contributed by atoms with Crippen molar-refractivity contribution in [3.8, 4) is 22.8 Å². The van der Waals surface area contributed by atoms with Crippen LogP contribution in [0.3, 0.4) is 0 Å². The van der Waals surface area contributed by atoms with E-state index < -0.39 is 0 Å². The van der Waals surface area contributed by atoms with E-state index in [9.17, 15) is 5.11 Å². The summed E-state index contributed by atoms with van der Waals surface area (Å²) < 4.78 is 6.45. The van der Waals surface area contributed by atoms with Crippen LogP contribution >= 0.6 is 11.3 Å². The standard InChI is InChI=1S/C20H19N5O2S/c1-3-27-16-7-5-4-6-13(16)17-18(26)19-14(8-9-28-19)20(24-17)25-23-10-15-12(2)21-11-22-15/h4-11,26H,3H2,1-2H3,(H,21,22)(H,24,25). The summed E-state index contributed by atoms with van der Waals surface area (Å²) in [6.07, 6.45) is 3.25. The summed E-state index contributed by atoms with van der Waals surface area (Å²) in [6, 6.07) is 9.44. The highest BCUT2D eigenvalue weighted by Gasteiger charge is 2.18. The number of hydrogen-bond acceptors (Lipinski definition) is 7. The van der Waals surface area contributed by atoms with Crippen LogP contribution in [0.15, 0.2) is 47.1 Å². The van der Waals surface area contributed by atoms with Crippen molar-refractivity contribution in [2.24, 2.45) is 5.10 Å². The van der Waals surface area contributed by atoms with Gasteiger partial charge in [0.1, 0.15) is 17.1 Å². The molecule has 0 amide bonds. The molecule has 0 aliphatic carbocycles. The predicted molar refractivity (Wildman–Crippen MR) is 112 cm³/mol. The fraction of sp³-hybridized carbons (Fsp3) is 0.150. The van der Waals surface area contributed by atoms with Crippen LogP contribution < -0.4 is 10.2 Å². The summed E-state index contributed by atoms with van der Waals surface area (Å²) in [5, 5.41) is 17.8. The molecule has 3 N–H and O–H groups in total. The van der Waals surface area contributed by atoms with E-state index >= 15 is 0 Å². The van der Waals surface area contributed by atoms with Crippen LogP contribution in [0.4, 0.5) is 5.82 Å². The van der Waals surface area contributed by atoms with E-state index in [1.54, 1.807) is 12.5 Å². The first-order chi connectivity index (χ1) is 13.7. The number of aryl methyl sites for hydroxylation is 1. The quantitative estimate of drug-likeness (QED) is 0.330. The number of hydrogen-bond donors (Lipinski definition) is 3. The van der Waals surface area contributed by atoms with Crippen LogP contribution in [0, 0.1) is 6.92 Å². The lowest BCUT2D eigenvalue weighted by molar-refractivity contribution is 0.341. The molecule has 0 saturated heterocycles. The molecule has 7 nitrogen and oxygen atoms in total. The number of aromatic nitrogens is 3. The SMILES string of the molecule is CCOc1ccccc1-c1nc(NN=Cc2nc[nH]c2C)c2ccsc2c1O. The van der Waals surface area contributed by atoms with Gasteiger partial charge in [-0.2, -0.15) is 5.10 Å². The van der Waals surface area contributed by atoms with E-state index in [0.29, 0.717) is 23.9 Å². The Labute approximate surface area is 165 Å². The van der Waals surface area contributed by atoms with Crippen LogP contribution in [0.1, 0.15) is 18.3 Å². The molecule has 4 rings (SSSR count). The lowest BCUT2D eigenvalue weighted by Crippen LogP contribution is -1.99. The van der Waals surface area contributed by atoms with E-state index in [-0.39, 0.29) is 5.75 Å². The Hall–Kier alpha value is -3.39. The number of benzene rings is 1. The number of thiophene rings is 1. The van der Waals surface area contributed by atoms with E-state index in [1.807, 2.05) is 49.6 Å². The Morgan fingerprint density at radius 2 is 2.18 bits per heavy atom. The zero-order chi connectivity index (χ0) is 19.5. The van der Waals surface area contributed by atoms with Crippen molar-refractivity contribution < 1.29 is 9.84 Å². The Balaban J connectivity index is 1.78. The zero-order valence-corrected chi connectivity index (χ0v) is 16.2. The van der Waals surface area contributed by atoms with Gasteiger partial charge in [0.15, 0.2) is 11.6 Å². The zero-order valence-electron chi connectivity index (χ0n) is 15.4. The Kier molecular flexibility index (Phi) is 4.94. The van der Waals surface area contributed by atoms with Crippen LogP contribution in [-0.2, 0) is 0 Å². The molecule has 4 aromatic rings. The van der Waals surface area contributed by atoms with Crippen molar-refractivity contribution in [3.63, 3.8) is 0 Å². The molecule has 0 unspecified atom stereocenters. The molecule has 0 atom stereocenters. The van der Waals surface area contributed by atoms with Gasteiger partial charge >= 0.3 is 0 Å². The molecule has 0 radical (unpaired) electrons. The highest BCUT2D eigenvalue weighted by Crippen LogP contribution is 2.43. The molecule has 3 aromatic heterocycles. The molecule has 0 fully saturated rings. The number of anilines is 1. The molecular weight excluding hydrogens is 374 g/mol. The van der Waals surface area contributed by atoms with Crippen LogP contribution in [-0.4, -0.2) is 32.9 Å². The van der Waals surface area contributed by atoms with Gasteiger partial charge in [-0.25, -0.2) is 9.97 Å². The number of hydrazone groups is 1. The van der Waals surface area contributed by atoms with Crippen molar-refractivity contribution in [2.45, 2.75) is 13.8 Å². The number of nitrogens with one attached hydrogen (secondary N) is 2. The molecule has 8 heteroatoms. The van der Waals surface area contributed by atoms with Gasteiger partial charge in [-0.15, -0.1) is 11.3 Å². The van der Waals surface area contributed by atoms with E-state index in [0.717, 1.165) is 27.0 Å². The lowest BCUT2D eigenvalue weighted by Gasteiger charge is -2.13. The van der Waals surface area contributed by atoms with Crippen molar-refractivity contribution in [1.82, 2.24) is 15.0 Å². The van der Waals surface area contributed by atoms with E-state index in [1.165, 1.54) is 11.3 Å². The maximum absolute atomic E-state index is 10.8. The van der Waals surface area contributed by atoms with Gasteiger partial charge in [-0.3, -0.25) is 5.43 Å². The number of aromatic hydroxyl groups is 1. The molecule has 0 aliphatic rings. The van der Waals surface area contributed by atoms with E-state index in [4.69, 9.17) is 4.74 Å². The van der Waals surface area contributed by atoms with Gasteiger partial charge in [0.25, 0.3) is 0 Å². The summed E-state index contributed by atoms with van der Waals surface area (Å²) in [6.45, 7) is 4.37. The summed E-state index contributed by atoms with van der Waals surface area (Å²) in [5.74, 6) is 1.36. The minimum absolute atomic E-state index is 0.134. The monoisotopic (exact) mass is 393 g/mol. The summed E-state index contributed by atoms with van der Waals surface area (Å²) in [5.41, 5.74) is 5.84. The molecule has 0 aliphatic heterocycles. The van der Waals surface area contributed by atoms with Gasteiger partial charge in [0.2, 0.25) is 0 Å². The smallest absolute Gasteiger partial charge is 0.160 e. The van der Waals surface area contributed by atoms with Crippen molar-refractivity contribution >= 4 is 33.5 Å². The molecule has 1 aromatic carbocycles. The minimum atomic E-state index is 0.134. The molecular formula is C20H19N5O2S. The largest absolute Gasteiger partial charge is 0.504 e. The van der Waals surface area contributed by atoms with Gasteiger partial charge in [0, 0.05) is 16.6 Å². The second-order valence-corrected chi connectivity index (χ2v) is 6.95. The first kappa shape index (κ1) is 18.0. The maximum atomic E-state index is 10.8. The molecule has 142 valence electrons. The fourth-order valence-electron chi connectivity index (χ4n) is 2.88. The number of fused-ring (bicyclic) bond motifs is 1. The highest BCUT2D eigenvalue weighted by atomic mass is 32.1. The predicted octanol–water partition coefficient (Wildman–Crippen LogP) is 4.55. The number of nitrogens with zero attached hydrogens (tertiary/aromatic N) is 3. The van der Waals surface area contributed by atoms with Gasteiger partial charge in [0.05, 0.1) is 23.8 Å². The number of aromatic amines is 1. The number of ether oxygens (including phenoxy) is 1. The maximum Gasteiger partial charge on any atom is 0.160 e. The molecule has 28 heavy (non-hydrogen) atoms. The molecule has 3 heterocycles. The number of para-hydroxylation sites is 1. The lowest BCUT2D eigenvalue weighted by atomic mass is 10.1. The second kappa shape index (κ2) is 7.69. The number of pyridine rings is 1. The van der Waals surface area contributed by atoms with Crippen LogP contribution in [0.2, 0.25) is 0 Å². The normalized spacial score (nSPS) is 11.4. The first-order valence-corrected chi connectivity index (χ1v) is 9.68. The summed E-state index contributed by atoms with van der Waals surface area (Å²) in [7, 11) is 0. The topological polar surface area (TPSA) is 95.4 Å². The number of rotatable bonds is 6. The second-order valence-electron chi connectivity index (χ2n) is 6.03. The molecule has 0 saturated carbocycles. The van der Waals surface area contributed by atoms with Crippen molar-refractivity contribution in [2.75, 3.05) is 12.0 Å². The summed E-state index contributed by atoms with van der Waals surface area (Å²) in [4.78, 5) is 11.8. The number of imidazole rings is 1. The fourth-order valence-corrected chi connectivity index (χ4v) is 3.72. The third-order valence-corrected chi connectivity index (χ3v) is 5.17.